The molecular formula is C26H20Cl2N2O3S. The number of rotatable bonds is 4. The van der Waals surface area contributed by atoms with Crippen molar-refractivity contribution >= 4 is 55.7 Å². The second-order valence-corrected chi connectivity index (χ2v) is 10.6. The molecule has 34 heavy (non-hydrogen) atoms. The second kappa shape index (κ2) is 8.95. The monoisotopic (exact) mass is 510 g/mol. The van der Waals surface area contributed by atoms with Crippen molar-refractivity contribution in [1.82, 2.24) is 4.72 Å². The largest absolute Gasteiger partial charge is 0.333 e. The van der Waals surface area contributed by atoms with E-state index in [9.17, 15) is 13.2 Å². The molecule has 4 aromatic carbocycles. The topological polar surface area (TPSA) is 75.3 Å². The van der Waals surface area contributed by atoms with E-state index in [0.29, 0.717) is 26.9 Å². The Hall–Kier alpha value is -3.06. The number of benzene rings is 4. The summed E-state index contributed by atoms with van der Waals surface area (Å²) in [5, 5.41) is 5.23. The van der Waals surface area contributed by atoms with E-state index in [-0.39, 0.29) is 4.90 Å². The minimum atomic E-state index is -4.09. The van der Waals surface area contributed by atoms with E-state index >= 15 is 0 Å². The Morgan fingerprint density at radius 2 is 1.62 bits per heavy atom. The number of carbonyl (C=O) groups is 1. The molecule has 0 unspecified atom stereocenters. The van der Waals surface area contributed by atoms with Crippen LogP contribution in [0.4, 0.5) is 10.5 Å². The van der Waals surface area contributed by atoms with Gasteiger partial charge in [0.2, 0.25) is 0 Å². The summed E-state index contributed by atoms with van der Waals surface area (Å²) in [6, 6.07) is 20.5. The normalized spacial score (nSPS) is 13.0. The molecule has 172 valence electrons. The Labute approximate surface area is 207 Å². The molecule has 1 aliphatic rings. The molecule has 0 radical (unpaired) electrons. The number of amides is 2. The van der Waals surface area contributed by atoms with Gasteiger partial charge in [-0.3, -0.25) is 0 Å². The summed E-state index contributed by atoms with van der Waals surface area (Å²) in [4.78, 5) is 13.0. The van der Waals surface area contributed by atoms with Crippen molar-refractivity contribution in [3.63, 3.8) is 0 Å². The molecule has 0 saturated carbocycles. The van der Waals surface area contributed by atoms with Crippen molar-refractivity contribution in [2.24, 2.45) is 0 Å². The number of carbonyl (C=O) groups excluding carboxylic acids is 1. The van der Waals surface area contributed by atoms with Crippen LogP contribution < -0.4 is 10.0 Å². The van der Waals surface area contributed by atoms with Crippen molar-refractivity contribution in [3.05, 3.63) is 94.0 Å². The molecule has 5 nitrogen and oxygen atoms in total. The van der Waals surface area contributed by atoms with Gasteiger partial charge in [0.15, 0.2) is 0 Å². The van der Waals surface area contributed by atoms with Crippen LogP contribution >= 0.6 is 23.2 Å². The number of sulfonamides is 1. The highest BCUT2D eigenvalue weighted by Gasteiger charge is 2.24. The zero-order valence-electron chi connectivity index (χ0n) is 17.9. The van der Waals surface area contributed by atoms with E-state index in [4.69, 9.17) is 23.2 Å². The van der Waals surface area contributed by atoms with E-state index in [1.165, 1.54) is 6.07 Å². The Morgan fingerprint density at radius 3 is 2.44 bits per heavy atom. The number of anilines is 1. The van der Waals surface area contributed by atoms with E-state index in [2.05, 4.69) is 10.0 Å². The first kappa shape index (κ1) is 22.7. The molecule has 8 heteroatoms. The summed E-state index contributed by atoms with van der Waals surface area (Å²) in [6.07, 6.45) is 2.62. The fourth-order valence-corrected chi connectivity index (χ4v) is 5.74. The average Bonchev–Trinajstić information content (AvgIpc) is 3.30. The summed E-state index contributed by atoms with van der Waals surface area (Å²) in [5.41, 5.74) is 4.00. The molecule has 0 bridgehead atoms. The number of hydrogen-bond donors (Lipinski definition) is 2. The third-order valence-corrected chi connectivity index (χ3v) is 8.17. The van der Waals surface area contributed by atoms with Gasteiger partial charge in [-0.25, -0.2) is 17.9 Å². The lowest BCUT2D eigenvalue weighted by Gasteiger charge is -2.18. The first-order chi connectivity index (χ1) is 16.3. The summed E-state index contributed by atoms with van der Waals surface area (Å²) in [7, 11) is -4.09. The molecular weight excluding hydrogens is 491 g/mol. The number of hydrogen-bond acceptors (Lipinski definition) is 3. The molecule has 2 N–H and O–H groups in total. The first-order valence-electron chi connectivity index (χ1n) is 10.8. The zero-order chi connectivity index (χ0) is 23.9. The molecule has 0 aliphatic heterocycles. The third kappa shape index (κ3) is 4.25. The maximum Gasteiger partial charge on any atom is 0.333 e. The van der Waals surface area contributed by atoms with Gasteiger partial charge in [0.05, 0.1) is 20.6 Å². The van der Waals surface area contributed by atoms with Gasteiger partial charge < -0.3 is 5.32 Å². The molecule has 0 fully saturated rings. The lowest BCUT2D eigenvalue weighted by atomic mass is 9.97. The smallest absolute Gasteiger partial charge is 0.306 e. The molecule has 0 heterocycles. The van der Waals surface area contributed by atoms with Gasteiger partial charge in [-0.05, 0) is 59.4 Å². The van der Waals surface area contributed by atoms with Crippen LogP contribution in [0.1, 0.15) is 17.5 Å². The number of urea groups is 1. The summed E-state index contributed by atoms with van der Waals surface area (Å²) in [5.74, 6) is 0. The van der Waals surface area contributed by atoms with Crippen LogP contribution in [0.2, 0.25) is 10.0 Å². The molecule has 1 aliphatic carbocycles. The van der Waals surface area contributed by atoms with E-state index in [0.717, 1.165) is 41.2 Å². The van der Waals surface area contributed by atoms with Crippen molar-refractivity contribution in [3.8, 4) is 11.1 Å². The van der Waals surface area contributed by atoms with Crippen LogP contribution in [0.3, 0.4) is 0 Å². The van der Waals surface area contributed by atoms with Gasteiger partial charge in [-0.1, -0.05) is 77.8 Å². The highest BCUT2D eigenvalue weighted by molar-refractivity contribution is 7.90. The lowest BCUT2D eigenvalue weighted by Crippen LogP contribution is -2.34. The van der Waals surface area contributed by atoms with Gasteiger partial charge in [0, 0.05) is 11.1 Å². The Balaban J connectivity index is 1.48. The number of fused-ring (bicyclic) bond motifs is 2. The Morgan fingerprint density at radius 1 is 0.824 bits per heavy atom. The van der Waals surface area contributed by atoms with Gasteiger partial charge in [0.25, 0.3) is 10.0 Å². The van der Waals surface area contributed by atoms with Crippen LogP contribution in [0.5, 0.6) is 0 Å². The summed E-state index contributed by atoms with van der Waals surface area (Å²) >= 11 is 12.7. The number of nitrogens with one attached hydrogen (secondary N) is 2. The minimum Gasteiger partial charge on any atom is -0.306 e. The molecule has 0 spiro atoms. The maximum atomic E-state index is 13.0. The van der Waals surface area contributed by atoms with Crippen LogP contribution in [-0.4, -0.2) is 14.4 Å². The predicted octanol–water partition coefficient (Wildman–Crippen LogP) is 6.81. The number of aryl methyl sites for hydroxylation is 1. The van der Waals surface area contributed by atoms with Crippen LogP contribution in [0.25, 0.3) is 21.9 Å². The summed E-state index contributed by atoms with van der Waals surface area (Å²) in [6.45, 7) is 0. The highest BCUT2D eigenvalue weighted by atomic mass is 35.5. The molecule has 0 atom stereocenters. The summed E-state index contributed by atoms with van der Waals surface area (Å²) < 4.78 is 28.1. The van der Waals surface area contributed by atoms with Crippen molar-refractivity contribution < 1.29 is 13.2 Å². The third-order valence-electron chi connectivity index (χ3n) is 6.02. The molecule has 4 aromatic rings. The molecule has 0 saturated heterocycles. The molecule has 0 aromatic heterocycles. The standard InChI is InChI=1S/C26H20Cl2N2O3S/c27-23-10-4-9-21(24(23)28)22-14-12-17-7-3-8-20(17)25(22)29-26(31)30-34(32,33)19-13-11-16-5-1-2-6-18(16)15-19/h1-2,4-6,9-15H,3,7-8H2,(H2,29,30,31). The Kier molecular flexibility index (Phi) is 5.98. The predicted molar refractivity (Wildman–Crippen MR) is 137 cm³/mol. The van der Waals surface area contributed by atoms with Gasteiger partial charge in [-0.15, -0.1) is 0 Å². The van der Waals surface area contributed by atoms with Gasteiger partial charge in [-0.2, -0.15) is 0 Å². The quantitative estimate of drug-likeness (QED) is 0.316. The number of halogens is 2. The second-order valence-electron chi connectivity index (χ2n) is 8.15. The van der Waals surface area contributed by atoms with Gasteiger partial charge >= 0.3 is 6.03 Å². The van der Waals surface area contributed by atoms with Crippen molar-refractivity contribution in [2.75, 3.05) is 5.32 Å². The molecule has 2 amide bonds. The van der Waals surface area contributed by atoms with Crippen molar-refractivity contribution in [1.29, 1.82) is 0 Å². The fraction of sp³-hybridized carbons (Fsp3) is 0.115. The zero-order valence-corrected chi connectivity index (χ0v) is 20.3. The Bertz CT molecular complexity index is 1550. The first-order valence-corrected chi connectivity index (χ1v) is 13.0. The van der Waals surface area contributed by atoms with Crippen LogP contribution in [0, 0.1) is 0 Å². The van der Waals surface area contributed by atoms with E-state index in [1.807, 2.05) is 42.5 Å². The molecule has 5 rings (SSSR count). The van der Waals surface area contributed by atoms with E-state index < -0.39 is 16.1 Å². The van der Waals surface area contributed by atoms with Crippen LogP contribution in [-0.2, 0) is 22.9 Å². The van der Waals surface area contributed by atoms with Gasteiger partial charge in [0.1, 0.15) is 0 Å². The average molecular weight is 511 g/mol. The maximum absolute atomic E-state index is 13.0. The van der Waals surface area contributed by atoms with Crippen molar-refractivity contribution in [2.45, 2.75) is 24.2 Å². The fourth-order valence-electron chi connectivity index (χ4n) is 4.40. The SMILES string of the molecule is O=C(Nc1c(-c2cccc(Cl)c2Cl)ccc2c1CCC2)NS(=O)(=O)c1ccc2ccccc2c1. The lowest BCUT2D eigenvalue weighted by molar-refractivity contribution is 0.256. The van der Waals surface area contributed by atoms with E-state index in [1.54, 1.807) is 24.3 Å². The minimum absolute atomic E-state index is 0.0118. The van der Waals surface area contributed by atoms with Crippen LogP contribution in [0.15, 0.2) is 77.7 Å². The highest BCUT2D eigenvalue weighted by Crippen LogP contribution is 2.41.